The largest absolute Gasteiger partial charge is 0.356 e. The minimum atomic E-state index is -3.57. The summed E-state index contributed by atoms with van der Waals surface area (Å²) in [5.74, 6) is -0.229. The van der Waals surface area contributed by atoms with Crippen molar-refractivity contribution in [3.05, 3.63) is 54.2 Å². The van der Waals surface area contributed by atoms with Crippen LogP contribution in [0, 0.1) is 0 Å². The van der Waals surface area contributed by atoms with Crippen molar-refractivity contribution in [1.29, 1.82) is 0 Å². The van der Waals surface area contributed by atoms with E-state index in [9.17, 15) is 8.42 Å². The summed E-state index contributed by atoms with van der Waals surface area (Å²) in [5.41, 5.74) is 1.56. The Morgan fingerprint density at radius 2 is 1.86 bits per heavy atom. The van der Waals surface area contributed by atoms with Gasteiger partial charge in [0.2, 0.25) is 10.0 Å². The molecule has 7 heteroatoms. The van der Waals surface area contributed by atoms with Crippen molar-refractivity contribution in [1.82, 2.24) is 5.16 Å². The summed E-state index contributed by atoms with van der Waals surface area (Å²) in [5, 5.41) is 4.58. The number of nitrogens with one attached hydrogen (secondary N) is 1. The maximum absolute atomic E-state index is 12.4. The van der Waals surface area contributed by atoms with Gasteiger partial charge >= 0.3 is 0 Å². The molecular formula is C15H14N2O3S2. The van der Waals surface area contributed by atoms with Crippen LogP contribution in [0.3, 0.4) is 0 Å². The molecule has 114 valence electrons. The zero-order valence-electron chi connectivity index (χ0n) is 11.8. The highest BCUT2D eigenvalue weighted by molar-refractivity contribution is 7.99. The number of aromatic nitrogens is 1. The Morgan fingerprint density at radius 3 is 2.68 bits per heavy atom. The molecule has 0 saturated carbocycles. The van der Waals surface area contributed by atoms with Crippen LogP contribution >= 0.6 is 11.8 Å². The molecule has 0 unspecified atom stereocenters. The molecule has 1 heterocycles. The lowest BCUT2D eigenvalue weighted by atomic mass is 10.2. The van der Waals surface area contributed by atoms with E-state index in [1.807, 2.05) is 30.5 Å². The van der Waals surface area contributed by atoms with Crippen LogP contribution < -0.4 is 4.72 Å². The molecule has 0 radical (unpaired) electrons. The predicted molar refractivity (Wildman–Crippen MR) is 88.5 cm³/mol. The SMILES string of the molecule is CSc1ccccc1NS(=O)(=O)Cc1noc2ccccc12. The van der Waals surface area contributed by atoms with E-state index >= 15 is 0 Å². The van der Waals surface area contributed by atoms with Gasteiger partial charge in [0.1, 0.15) is 11.4 Å². The molecule has 1 N–H and O–H groups in total. The molecule has 0 spiro atoms. The first-order valence-electron chi connectivity index (χ1n) is 6.56. The van der Waals surface area contributed by atoms with Gasteiger partial charge in [-0.2, -0.15) is 0 Å². The van der Waals surface area contributed by atoms with Gasteiger partial charge in [0, 0.05) is 10.3 Å². The zero-order valence-corrected chi connectivity index (χ0v) is 13.4. The van der Waals surface area contributed by atoms with Gasteiger partial charge in [-0.25, -0.2) is 8.42 Å². The number of nitrogens with zero attached hydrogens (tertiary/aromatic N) is 1. The molecule has 0 amide bonds. The summed E-state index contributed by atoms with van der Waals surface area (Å²) in [6.45, 7) is 0. The molecule has 0 atom stereocenters. The van der Waals surface area contributed by atoms with Gasteiger partial charge in [-0.1, -0.05) is 29.4 Å². The quantitative estimate of drug-likeness (QED) is 0.723. The monoisotopic (exact) mass is 334 g/mol. The Kier molecular flexibility index (Phi) is 4.08. The molecule has 0 aliphatic rings. The fourth-order valence-corrected chi connectivity index (χ4v) is 3.93. The number of hydrogen-bond donors (Lipinski definition) is 1. The summed E-state index contributed by atoms with van der Waals surface area (Å²) in [6.07, 6.45) is 1.90. The van der Waals surface area contributed by atoms with E-state index in [0.29, 0.717) is 22.4 Å². The van der Waals surface area contributed by atoms with Crippen molar-refractivity contribution in [2.75, 3.05) is 11.0 Å². The highest BCUT2D eigenvalue weighted by atomic mass is 32.2. The van der Waals surface area contributed by atoms with Crippen molar-refractivity contribution in [3.8, 4) is 0 Å². The van der Waals surface area contributed by atoms with Crippen LogP contribution in [0.1, 0.15) is 5.69 Å². The summed E-state index contributed by atoms with van der Waals surface area (Å²) in [7, 11) is -3.57. The van der Waals surface area contributed by atoms with Crippen molar-refractivity contribution < 1.29 is 12.9 Å². The van der Waals surface area contributed by atoms with Crippen LogP contribution in [-0.4, -0.2) is 19.8 Å². The van der Waals surface area contributed by atoms with E-state index in [1.165, 1.54) is 11.8 Å². The Hall–Kier alpha value is -1.99. The Balaban J connectivity index is 1.88. The maximum Gasteiger partial charge on any atom is 0.238 e. The first-order chi connectivity index (χ1) is 10.6. The molecule has 5 nitrogen and oxygen atoms in total. The number of benzene rings is 2. The highest BCUT2D eigenvalue weighted by Gasteiger charge is 2.18. The second-order valence-corrected chi connectivity index (χ2v) is 7.26. The molecule has 0 saturated heterocycles. The minimum absolute atomic E-state index is 0.229. The number of anilines is 1. The number of fused-ring (bicyclic) bond motifs is 1. The third-order valence-electron chi connectivity index (χ3n) is 3.15. The van der Waals surface area contributed by atoms with Gasteiger partial charge in [-0.3, -0.25) is 4.72 Å². The maximum atomic E-state index is 12.4. The first-order valence-corrected chi connectivity index (χ1v) is 9.43. The second-order valence-electron chi connectivity index (χ2n) is 4.69. The number of para-hydroxylation sites is 2. The summed E-state index contributed by atoms with van der Waals surface area (Å²) < 4.78 is 32.5. The molecule has 0 bridgehead atoms. The lowest BCUT2D eigenvalue weighted by molar-refractivity contribution is 0.448. The van der Waals surface area contributed by atoms with Crippen molar-refractivity contribution in [3.63, 3.8) is 0 Å². The molecule has 1 aromatic heterocycles. The fourth-order valence-electron chi connectivity index (χ4n) is 2.15. The second kappa shape index (κ2) is 6.02. The van der Waals surface area contributed by atoms with Gasteiger partial charge in [0.15, 0.2) is 5.58 Å². The summed E-state index contributed by atoms with van der Waals surface area (Å²) in [6, 6.07) is 14.5. The Morgan fingerprint density at radius 1 is 1.14 bits per heavy atom. The van der Waals surface area contributed by atoms with E-state index < -0.39 is 10.0 Å². The molecule has 0 aliphatic heterocycles. The minimum Gasteiger partial charge on any atom is -0.356 e. The van der Waals surface area contributed by atoms with Gasteiger partial charge in [0.05, 0.1) is 5.69 Å². The summed E-state index contributed by atoms with van der Waals surface area (Å²) >= 11 is 1.49. The summed E-state index contributed by atoms with van der Waals surface area (Å²) in [4.78, 5) is 0.871. The molecule has 0 fully saturated rings. The molecule has 3 aromatic rings. The smallest absolute Gasteiger partial charge is 0.238 e. The van der Waals surface area contributed by atoms with E-state index in [4.69, 9.17) is 4.52 Å². The van der Waals surface area contributed by atoms with Crippen LogP contribution in [0.4, 0.5) is 5.69 Å². The zero-order chi connectivity index (χ0) is 15.6. The molecule has 22 heavy (non-hydrogen) atoms. The fraction of sp³-hybridized carbons (Fsp3) is 0.133. The normalized spacial score (nSPS) is 11.7. The topological polar surface area (TPSA) is 72.2 Å². The van der Waals surface area contributed by atoms with E-state index in [0.717, 1.165) is 4.90 Å². The van der Waals surface area contributed by atoms with Crippen LogP contribution in [0.5, 0.6) is 0 Å². The van der Waals surface area contributed by atoms with Crippen LogP contribution in [0.25, 0.3) is 11.0 Å². The van der Waals surface area contributed by atoms with Crippen molar-refractivity contribution in [2.24, 2.45) is 0 Å². The van der Waals surface area contributed by atoms with E-state index in [1.54, 1.807) is 24.3 Å². The third kappa shape index (κ3) is 3.10. The molecule has 3 rings (SSSR count). The van der Waals surface area contributed by atoms with Crippen LogP contribution in [-0.2, 0) is 15.8 Å². The molecule has 2 aromatic carbocycles. The first kappa shape index (κ1) is 14.9. The molecular weight excluding hydrogens is 320 g/mol. The number of rotatable bonds is 5. The Bertz CT molecular complexity index is 904. The van der Waals surface area contributed by atoms with Gasteiger partial charge in [0.25, 0.3) is 0 Å². The van der Waals surface area contributed by atoms with E-state index in [-0.39, 0.29) is 5.75 Å². The third-order valence-corrected chi connectivity index (χ3v) is 5.13. The van der Waals surface area contributed by atoms with Gasteiger partial charge < -0.3 is 4.52 Å². The lowest BCUT2D eigenvalue weighted by Crippen LogP contribution is -2.15. The predicted octanol–water partition coefficient (Wildman–Crippen LogP) is 3.49. The Labute approximate surface area is 132 Å². The lowest BCUT2D eigenvalue weighted by Gasteiger charge is -2.10. The van der Waals surface area contributed by atoms with Crippen LogP contribution in [0.15, 0.2) is 57.9 Å². The van der Waals surface area contributed by atoms with E-state index in [2.05, 4.69) is 9.88 Å². The van der Waals surface area contributed by atoms with Gasteiger partial charge in [-0.15, -0.1) is 11.8 Å². The number of hydrogen-bond acceptors (Lipinski definition) is 5. The number of sulfonamides is 1. The standard InChI is InChI=1S/C15H14N2O3S2/c1-21-15-9-5-3-7-12(15)17-22(18,19)10-13-11-6-2-4-8-14(11)20-16-13/h2-9,17H,10H2,1H3. The number of thioether (sulfide) groups is 1. The molecule has 0 aliphatic carbocycles. The van der Waals surface area contributed by atoms with Crippen molar-refractivity contribution in [2.45, 2.75) is 10.6 Å². The average Bonchev–Trinajstić information content (AvgIpc) is 2.90. The highest BCUT2D eigenvalue weighted by Crippen LogP contribution is 2.27. The average molecular weight is 334 g/mol. The van der Waals surface area contributed by atoms with Crippen LogP contribution in [0.2, 0.25) is 0 Å². The van der Waals surface area contributed by atoms with Crippen molar-refractivity contribution >= 4 is 38.4 Å². The van der Waals surface area contributed by atoms with Gasteiger partial charge in [-0.05, 0) is 30.5 Å².